The number of aliphatic hydroxyl groups is 3. The SMILES string of the molecule is [2H]C([2H])(c1ccc(OC(C([2H])([2H])[2H])C([2H])([2H])[2H])cc1)c1c(O[C@@H]2O[C@H](COC(=O)OCC)[C@@H](O)[C@H](O)[C@H]2O)nn(C(C([2H])([2H])[2H])C([2H])([2H])[2H])c1C. The van der Waals surface area contributed by atoms with Crippen molar-refractivity contribution in [3.63, 3.8) is 0 Å². The topological polar surface area (TPSA) is 142 Å². The average molecular weight is 537 g/mol. The van der Waals surface area contributed by atoms with Crippen LogP contribution in [0, 0.1) is 6.92 Å². The minimum atomic E-state index is -3.24. The number of hydrogen-bond donors (Lipinski definition) is 3. The molecule has 2 heterocycles. The molecule has 1 fully saturated rings. The van der Waals surface area contributed by atoms with Gasteiger partial charge in [0.15, 0.2) is 0 Å². The Kier molecular flexibility index (Phi) is 5.08. The first-order valence-electron chi connectivity index (χ1n) is 18.1. The van der Waals surface area contributed by atoms with Crippen molar-refractivity contribution in [1.29, 1.82) is 0 Å². The van der Waals surface area contributed by atoms with E-state index >= 15 is 0 Å². The molecule has 0 radical (unpaired) electrons. The molecule has 0 saturated carbocycles. The van der Waals surface area contributed by atoms with Crippen LogP contribution in [-0.4, -0.2) is 81.3 Å². The lowest BCUT2D eigenvalue weighted by Crippen LogP contribution is -2.60. The summed E-state index contributed by atoms with van der Waals surface area (Å²) in [7, 11) is 0. The molecule has 37 heavy (non-hydrogen) atoms. The first kappa shape index (κ1) is 14.9. The molecule has 1 aliphatic heterocycles. The van der Waals surface area contributed by atoms with E-state index in [4.69, 9.17) is 38.1 Å². The molecule has 1 saturated heterocycles. The third kappa shape index (κ3) is 7.13. The van der Waals surface area contributed by atoms with Crippen molar-refractivity contribution < 1.29 is 63.0 Å². The van der Waals surface area contributed by atoms with Gasteiger partial charge < -0.3 is 39.0 Å². The number of carbonyl (C=O) groups excluding carboxylic acids is 1. The highest BCUT2D eigenvalue weighted by molar-refractivity contribution is 5.59. The summed E-state index contributed by atoms with van der Waals surface area (Å²) in [5, 5.41) is 35.7. The predicted octanol–water partition coefficient (Wildman–Crippen LogP) is 2.51. The third-order valence-corrected chi connectivity index (χ3v) is 5.26. The Morgan fingerprint density at radius 3 is 2.51 bits per heavy atom. The van der Waals surface area contributed by atoms with Gasteiger partial charge >= 0.3 is 6.16 Å². The van der Waals surface area contributed by atoms with Crippen LogP contribution in [0.3, 0.4) is 0 Å². The van der Waals surface area contributed by atoms with Gasteiger partial charge in [0, 0.05) is 42.9 Å². The van der Waals surface area contributed by atoms with Gasteiger partial charge in [0.05, 0.1) is 12.7 Å². The fourth-order valence-electron chi connectivity index (χ4n) is 3.44. The lowest BCUT2D eigenvalue weighted by molar-refractivity contribution is -0.278. The zero-order valence-electron chi connectivity index (χ0n) is 34.0. The molecule has 0 spiro atoms. The van der Waals surface area contributed by atoms with Gasteiger partial charge in [0.25, 0.3) is 0 Å². The minimum absolute atomic E-state index is 0.0546. The molecule has 11 nitrogen and oxygen atoms in total. The van der Waals surface area contributed by atoms with Crippen molar-refractivity contribution in [2.24, 2.45) is 0 Å². The van der Waals surface area contributed by atoms with E-state index in [9.17, 15) is 20.1 Å². The van der Waals surface area contributed by atoms with Crippen LogP contribution in [0.15, 0.2) is 24.3 Å². The van der Waals surface area contributed by atoms with Gasteiger partial charge in [0.1, 0.15) is 36.8 Å². The summed E-state index contributed by atoms with van der Waals surface area (Å²) < 4.78 is 137. The minimum Gasteiger partial charge on any atom is -0.491 e. The van der Waals surface area contributed by atoms with Crippen LogP contribution in [0.2, 0.25) is 0 Å². The van der Waals surface area contributed by atoms with E-state index < -0.39 is 101 Å². The molecule has 0 bridgehead atoms. The molecule has 206 valence electrons. The van der Waals surface area contributed by atoms with Crippen LogP contribution in [0.4, 0.5) is 4.79 Å². The molecule has 0 aliphatic carbocycles. The molecule has 0 unspecified atom stereocenters. The molecule has 3 N–H and O–H groups in total. The Morgan fingerprint density at radius 2 is 1.86 bits per heavy atom. The molecule has 3 rings (SSSR count). The number of aliphatic hydroxyl groups excluding tert-OH is 3. The van der Waals surface area contributed by atoms with Crippen molar-refractivity contribution in [3.05, 3.63) is 41.1 Å². The monoisotopic (exact) mass is 536 g/mol. The Balaban J connectivity index is 2.12. The van der Waals surface area contributed by atoms with E-state index in [0.717, 1.165) is 31.2 Å². The maximum atomic E-state index is 11.7. The van der Waals surface area contributed by atoms with Crippen LogP contribution < -0.4 is 9.47 Å². The van der Waals surface area contributed by atoms with Crippen molar-refractivity contribution in [1.82, 2.24) is 9.78 Å². The number of carbonyl (C=O) groups is 1. The van der Waals surface area contributed by atoms with E-state index in [0.29, 0.717) is 4.68 Å². The van der Waals surface area contributed by atoms with Crippen molar-refractivity contribution >= 4 is 6.16 Å². The molecule has 2 aromatic rings. The van der Waals surface area contributed by atoms with Crippen LogP contribution in [0.5, 0.6) is 11.6 Å². The quantitative estimate of drug-likeness (QED) is 0.388. The second-order valence-electron chi connectivity index (χ2n) is 7.89. The van der Waals surface area contributed by atoms with Gasteiger partial charge in [-0.1, -0.05) is 12.1 Å². The molecule has 1 aromatic carbocycles. The maximum absolute atomic E-state index is 11.7. The largest absolute Gasteiger partial charge is 0.508 e. The lowest BCUT2D eigenvalue weighted by Gasteiger charge is -2.39. The Labute approximate surface area is 236 Å². The Bertz CT molecular complexity index is 1460. The van der Waals surface area contributed by atoms with E-state index in [1.807, 2.05) is 0 Å². The maximum Gasteiger partial charge on any atom is 0.508 e. The first-order chi connectivity index (χ1) is 23.1. The summed E-state index contributed by atoms with van der Waals surface area (Å²) >= 11 is 0. The summed E-state index contributed by atoms with van der Waals surface area (Å²) in [6.45, 7) is -10.7. The van der Waals surface area contributed by atoms with Crippen LogP contribution in [0.25, 0.3) is 0 Å². The van der Waals surface area contributed by atoms with Crippen LogP contribution in [0.1, 0.15) is 76.4 Å². The second-order valence-corrected chi connectivity index (χ2v) is 7.89. The molecule has 0 amide bonds. The molecule has 1 aliphatic rings. The summed E-state index contributed by atoms with van der Waals surface area (Å²) in [5.41, 5.74) is -1.19. The normalized spacial score (nSPS) is 31.2. The van der Waals surface area contributed by atoms with Gasteiger partial charge in [-0.2, -0.15) is 0 Å². The van der Waals surface area contributed by atoms with Gasteiger partial charge in [-0.25, -0.2) is 4.79 Å². The summed E-state index contributed by atoms with van der Waals surface area (Å²) in [6.07, 6.45) is -15.6. The third-order valence-electron chi connectivity index (χ3n) is 5.26. The highest BCUT2D eigenvalue weighted by Gasteiger charge is 2.46. The highest BCUT2D eigenvalue weighted by Crippen LogP contribution is 2.31. The van der Waals surface area contributed by atoms with Gasteiger partial charge in [-0.3, -0.25) is 4.68 Å². The predicted molar refractivity (Wildman–Crippen MR) is 133 cm³/mol. The highest BCUT2D eigenvalue weighted by atomic mass is 16.7. The number of rotatable bonds is 10. The van der Waals surface area contributed by atoms with Gasteiger partial charge in [0.2, 0.25) is 12.2 Å². The van der Waals surface area contributed by atoms with Crippen molar-refractivity contribution in [2.45, 2.75) is 90.5 Å². The fraction of sp³-hybridized carbons (Fsp3) is 0.615. The first-order valence-corrected chi connectivity index (χ1v) is 11.1. The molecule has 1 aromatic heterocycles. The number of hydrogen-bond acceptors (Lipinski definition) is 10. The summed E-state index contributed by atoms with van der Waals surface area (Å²) in [4.78, 5) is 11.7. The lowest BCUT2D eigenvalue weighted by atomic mass is 9.99. The number of benzene rings is 1. The number of ether oxygens (including phenoxy) is 5. The molecule has 5 atom stereocenters. The average Bonchev–Trinajstić information content (AvgIpc) is 3.28. The zero-order valence-corrected chi connectivity index (χ0v) is 20.0. The summed E-state index contributed by atoms with van der Waals surface area (Å²) in [5.74, 6) is -1.07. The van der Waals surface area contributed by atoms with E-state index in [1.54, 1.807) is 0 Å². The summed E-state index contributed by atoms with van der Waals surface area (Å²) in [6, 6.07) is 1.98. The van der Waals surface area contributed by atoms with E-state index in [2.05, 4.69) is 9.84 Å². The fourth-order valence-corrected chi connectivity index (χ4v) is 3.44. The molecular weight excluding hydrogens is 484 g/mol. The smallest absolute Gasteiger partial charge is 0.491 e. The standard InChI is InChI=1S/C26H38N2O9/c1-7-33-26(32)34-13-20-21(29)22(30)23(31)25(36-20)37-24-19(16(6)28(27-24)14(2)3)12-17-8-10-18(11-9-17)35-15(4)5/h8-11,14-15,20-23,25,29-31H,7,12-13H2,1-6H3/t20-,21-,22+,23-,25+/m1/s1/i2D3,3D3,4D3,5D3,12D2. The Morgan fingerprint density at radius 1 is 1.14 bits per heavy atom. The van der Waals surface area contributed by atoms with Gasteiger partial charge in [-0.05, 0) is 59.0 Å². The molecular formula is C26H38N2O9. The van der Waals surface area contributed by atoms with E-state index in [1.165, 1.54) is 6.92 Å². The van der Waals surface area contributed by atoms with Crippen molar-refractivity contribution in [2.75, 3.05) is 13.2 Å². The number of aromatic nitrogens is 2. The molecule has 11 heteroatoms. The van der Waals surface area contributed by atoms with Crippen molar-refractivity contribution in [3.8, 4) is 11.6 Å². The van der Waals surface area contributed by atoms with Crippen LogP contribution in [-0.2, 0) is 20.6 Å². The second kappa shape index (κ2) is 12.6. The number of nitrogens with zero attached hydrogens (tertiary/aromatic N) is 2. The van der Waals surface area contributed by atoms with E-state index in [-0.39, 0.29) is 23.6 Å². The van der Waals surface area contributed by atoms with Crippen LogP contribution >= 0.6 is 0 Å². The Hall–Kier alpha value is -2.86. The van der Waals surface area contributed by atoms with Gasteiger partial charge in [-0.15, -0.1) is 5.10 Å². The zero-order chi connectivity index (χ0) is 39.1.